The van der Waals surface area contributed by atoms with Crippen LogP contribution in [0.2, 0.25) is 0 Å². The molecule has 0 bridgehead atoms. The molecule has 7 N–H and O–H groups in total. The zero-order chi connectivity index (χ0) is 26.8. The number of benzene rings is 2. The van der Waals surface area contributed by atoms with Gasteiger partial charge in [0, 0.05) is 30.6 Å². The number of urea groups is 2. The van der Waals surface area contributed by atoms with Crippen molar-refractivity contribution in [3.63, 3.8) is 0 Å². The van der Waals surface area contributed by atoms with E-state index in [2.05, 4.69) is 42.9 Å². The molecule has 0 unspecified atom stereocenters. The Morgan fingerprint density at radius 2 is 1.78 bits per heavy atom. The molecule has 0 saturated carbocycles. The molecular formula is C24H26F3N7O3. The summed E-state index contributed by atoms with van der Waals surface area (Å²) in [6, 6.07) is 11.5. The first-order valence-corrected chi connectivity index (χ1v) is 11.1. The number of nitrogens with zero attached hydrogens (tertiary/aromatic N) is 1. The summed E-state index contributed by atoms with van der Waals surface area (Å²) in [5.74, 6) is -0.499. The molecule has 2 aromatic carbocycles. The number of primary amides is 1. The number of rotatable bonds is 9. The van der Waals surface area contributed by atoms with Crippen LogP contribution in [0.4, 0.5) is 28.4 Å². The van der Waals surface area contributed by atoms with Crippen molar-refractivity contribution in [2.45, 2.75) is 19.3 Å². The highest BCUT2D eigenvalue weighted by Crippen LogP contribution is 2.30. The van der Waals surface area contributed by atoms with Gasteiger partial charge in [-0.15, -0.1) is 13.2 Å². The molecule has 0 aromatic heterocycles. The molecule has 37 heavy (non-hydrogen) atoms. The average molecular weight is 518 g/mol. The standard InChI is InChI=1S/C24H26F3N7O3/c1-15-18(17-9-7-16(8-10-17)13-29-11-4-12-30-21(28)35)14-31-22(32-15)34-23(36)33-19-5-2-3-6-20(19)37-24(25,26)27/h2-3,5-10,14,29H,1,4,11-13H2,(H3,28,30,35)(H3,31,32,33,34,36). The molecule has 0 spiro atoms. The van der Waals surface area contributed by atoms with E-state index in [4.69, 9.17) is 5.73 Å². The first-order valence-electron chi connectivity index (χ1n) is 11.1. The SMILES string of the molecule is C=C1NC(NC(=O)Nc2ccccc2OC(F)(F)F)=NC=C1c1ccc(CNCCCNC(N)=O)cc1. The van der Waals surface area contributed by atoms with Crippen molar-refractivity contribution >= 4 is 29.3 Å². The summed E-state index contributed by atoms with van der Waals surface area (Å²) in [5, 5.41) is 13.4. The highest BCUT2D eigenvalue weighted by atomic mass is 19.4. The van der Waals surface area contributed by atoms with E-state index in [1.54, 1.807) is 0 Å². The van der Waals surface area contributed by atoms with Gasteiger partial charge in [0.05, 0.1) is 5.69 Å². The summed E-state index contributed by atoms with van der Waals surface area (Å²) >= 11 is 0. The fourth-order valence-corrected chi connectivity index (χ4v) is 3.27. The van der Waals surface area contributed by atoms with Gasteiger partial charge in [-0.05, 0) is 36.2 Å². The first kappa shape index (κ1) is 27.1. The van der Waals surface area contributed by atoms with Crippen molar-refractivity contribution in [1.29, 1.82) is 0 Å². The number of nitrogens with one attached hydrogen (secondary N) is 5. The molecule has 13 heteroatoms. The topological polar surface area (TPSA) is 142 Å². The fraction of sp³-hybridized carbons (Fsp3) is 0.208. The largest absolute Gasteiger partial charge is 0.573 e. The third-order valence-electron chi connectivity index (χ3n) is 4.93. The molecule has 196 valence electrons. The van der Waals surface area contributed by atoms with Crippen LogP contribution in [0.3, 0.4) is 0 Å². The molecule has 0 aliphatic carbocycles. The number of ether oxygens (including phenoxy) is 1. The lowest BCUT2D eigenvalue weighted by atomic mass is 10.0. The summed E-state index contributed by atoms with van der Waals surface area (Å²) in [6.45, 7) is 5.82. The summed E-state index contributed by atoms with van der Waals surface area (Å²) in [6.07, 6.45) is -2.63. The highest BCUT2D eigenvalue weighted by molar-refractivity contribution is 6.05. The maximum absolute atomic E-state index is 12.6. The van der Waals surface area contributed by atoms with E-state index < -0.39 is 24.2 Å². The third kappa shape index (κ3) is 8.89. The zero-order valence-electron chi connectivity index (χ0n) is 19.6. The van der Waals surface area contributed by atoms with E-state index in [0.29, 0.717) is 30.9 Å². The predicted octanol–water partition coefficient (Wildman–Crippen LogP) is 3.37. The van der Waals surface area contributed by atoms with Gasteiger partial charge in [0.2, 0.25) is 5.96 Å². The maximum Gasteiger partial charge on any atom is 0.573 e. The Labute approximate surface area is 210 Å². The van der Waals surface area contributed by atoms with Gasteiger partial charge in [0.25, 0.3) is 0 Å². The zero-order valence-corrected chi connectivity index (χ0v) is 19.6. The van der Waals surface area contributed by atoms with E-state index in [0.717, 1.165) is 23.6 Å². The molecule has 0 radical (unpaired) electrons. The molecule has 0 fully saturated rings. The van der Waals surface area contributed by atoms with Crippen LogP contribution in [-0.2, 0) is 6.54 Å². The minimum absolute atomic E-state index is 0.0483. The van der Waals surface area contributed by atoms with Gasteiger partial charge in [0.1, 0.15) is 0 Å². The molecular weight excluding hydrogens is 491 g/mol. The molecule has 4 amide bonds. The molecule has 3 rings (SSSR count). The summed E-state index contributed by atoms with van der Waals surface area (Å²) in [4.78, 5) is 27.1. The van der Waals surface area contributed by atoms with Crippen LogP contribution < -0.4 is 37.1 Å². The van der Waals surface area contributed by atoms with Crippen molar-refractivity contribution in [2.24, 2.45) is 10.7 Å². The number of allylic oxidation sites excluding steroid dienone is 1. The van der Waals surface area contributed by atoms with Gasteiger partial charge in [0.15, 0.2) is 5.75 Å². The van der Waals surface area contributed by atoms with E-state index >= 15 is 0 Å². The Hall–Kier alpha value is -4.52. The van der Waals surface area contributed by atoms with Crippen LogP contribution in [0.5, 0.6) is 5.75 Å². The van der Waals surface area contributed by atoms with Crippen LogP contribution in [-0.4, -0.2) is 37.5 Å². The second-order valence-electron chi connectivity index (χ2n) is 7.77. The van der Waals surface area contributed by atoms with E-state index in [-0.39, 0.29) is 11.6 Å². The van der Waals surface area contributed by atoms with Crippen LogP contribution in [0, 0.1) is 0 Å². The molecule has 0 atom stereocenters. The summed E-state index contributed by atoms with van der Waals surface area (Å²) in [5.41, 5.74) is 7.92. The second-order valence-corrected chi connectivity index (χ2v) is 7.77. The second kappa shape index (κ2) is 12.4. The fourth-order valence-electron chi connectivity index (χ4n) is 3.27. The van der Waals surface area contributed by atoms with E-state index in [9.17, 15) is 22.8 Å². The number of carbonyl (C=O) groups is 2. The van der Waals surface area contributed by atoms with Gasteiger partial charge in [-0.1, -0.05) is 43.0 Å². The van der Waals surface area contributed by atoms with E-state index in [1.807, 2.05) is 24.3 Å². The van der Waals surface area contributed by atoms with Crippen molar-refractivity contribution in [1.82, 2.24) is 21.3 Å². The highest BCUT2D eigenvalue weighted by Gasteiger charge is 2.32. The van der Waals surface area contributed by atoms with Crippen LogP contribution in [0.25, 0.3) is 5.57 Å². The van der Waals surface area contributed by atoms with Gasteiger partial charge in [-0.3, -0.25) is 5.32 Å². The smallest absolute Gasteiger partial charge is 0.404 e. The number of carbonyl (C=O) groups excluding carboxylic acids is 2. The lowest BCUT2D eigenvalue weighted by Gasteiger charge is -2.20. The van der Waals surface area contributed by atoms with Crippen LogP contribution in [0.1, 0.15) is 17.5 Å². The lowest BCUT2D eigenvalue weighted by molar-refractivity contribution is -0.274. The normalized spacial score (nSPS) is 13.1. The van der Waals surface area contributed by atoms with Gasteiger partial charge >= 0.3 is 18.4 Å². The quantitative estimate of drug-likeness (QED) is 0.283. The summed E-state index contributed by atoms with van der Waals surface area (Å²) in [7, 11) is 0. The van der Waals surface area contributed by atoms with Crippen molar-refractivity contribution < 1.29 is 27.5 Å². The van der Waals surface area contributed by atoms with Crippen molar-refractivity contribution in [3.05, 3.63) is 78.1 Å². The number of guanidine groups is 1. The van der Waals surface area contributed by atoms with Crippen molar-refractivity contribution in [3.8, 4) is 5.75 Å². The summed E-state index contributed by atoms with van der Waals surface area (Å²) < 4.78 is 41.7. The molecule has 1 aliphatic rings. The third-order valence-corrected chi connectivity index (χ3v) is 4.93. The Balaban J connectivity index is 1.54. The van der Waals surface area contributed by atoms with Crippen LogP contribution >= 0.6 is 0 Å². The number of anilines is 1. The Kier molecular flexibility index (Phi) is 9.11. The Morgan fingerprint density at radius 3 is 2.46 bits per heavy atom. The molecule has 2 aromatic rings. The molecule has 0 saturated heterocycles. The molecule has 1 heterocycles. The maximum atomic E-state index is 12.6. The van der Waals surface area contributed by atoms with Crippen LogP contribution in [0.15, 0.2) is 72.0 Å². The number of halogens is 3. The van der Waals surface area contributed by atoms with Gasteiger partial charge in [-0.2, -0.15) is 0 Å². The predicted molar refractivity (Wildman–Crippen MR) is 133 cm³/mol. The number of aliphatic imine (C=N–C) groups is 1. The minimum Gasteiger partial charge on any atom is -0.404 e. The van der Waals surface area contributed by atoms with E-state index in [1.165, 1.54) is 24.4 Å². The van der Waals surface area contributed by atoms with Gasteiger partial charge in [-0.25, -0.2) is 14.6 Å². The Morgan fingerprint density at radius 1 is 1.05 bits per heavy atom. The molecule has 1 aliphatic heterocycles. The first-order chi connectivity index (χ1) is 17.6. The Bertz CT molecular complexity index is 1190. The lowest BCUT2D eigenvalue weighted by Crippen LogP contribution is -2.43. The number of nitrogens with two attached hydrogens (primary N) is 1. The minimum atomic E-state index is -4.90. The van der Waals surface area contributed by atoms with Crippen molar-refractivity contribution in [2.75, 3.05) is 18.4 Å². The monoisotopic (exact) mass is 517 g/mol. The molecule has 10 nitrogen and oxygen atoms in total. The van der Waals surface area contributed by atoms with Gasteiger partial charge < -0.3 is 31.7 Å². The number of hydrogen-bond donors (Lipinski definition) is 6. The number of para-hydroxylation sites is 2. The number of hydrogen-bond acceptors (Lipinski definition) is 6. The number of amides is 4. The average Bonchev–Trinajstić information content (AvgIpc) is 2.82. The number of alkyl halides is 3.